The Hall–Kier alpha value is -3.52. The summed E-state index contributed by atoms with van der Waals surface area (Å²) < 4.78 is 36.6. The summed E-state index contributed by atoms with van der Waals surface area (Å²) in [5.41, 5.74) is 2.47. The Kier molecular flexibility index (Phi) is 8.32. The van der Waals surface area contributed by atoms with Crippen molar-refractivity contribution in [2.45, 2.75) is 13.0 Å². The van der Waals surface area contributed by atoms with Crippen LogP contribution in [0.1, 0.15) is 11.1 Å². The van der Waals surface area contributed by atoms with Gasteiger partial charge in [-0.05, 0) is 53.9 Å². The Bertz CT molecular complexity index is 1130. The molecule has 174 valence electrons. The number of nitrogens with zero attached hydrogens (tertiary/aromatic N) is 1. The molecule has 7 nitrogen and oxygen atoms in total. The van der Waals surface area contributed by atoms with Crippen LogP contribution < -0.4 is 19.1 Å². The zero-order valence-electron chi connectivity index (χ0n) is 18.7. The highest BCUT2D eigenvalue weighted by Crippen LogP contribution is 2.22. The first-order chi connectivity index (χ1) is 15.8. The lowest BCUT2D eigenvalue weighted by Gasteiger charge is -2.22. The van der Waals surface area contributed by atoms with E-state index in [1.165, 1.54) is 0 Å². The molecule has 0 heterocycles. The van der Waals surface area contributed by atoms with Crippen LogP contribution in [-0.2, 0) is 27.8 Å². The molecule has 0 fully saturated rings. The molecule has 0 unspecified atom stereocenters. The van der Waals surface area contributed by atoms with Crippen LogP contribution in [0.2, 0.25) is 0 Å². The van der Waals surface area contributed by atoms with Gasteiger partial charge in [-0.15, -0.1) is 0 Å². The van der Waals surface area contributed by atoms with Crippen molar-refractivity contribution in [1.29, 1.82) is 0 Å². The predicted octanol–water partition coefficient (Wildman–Crippen LogP) is 3.40. The normalized spacial score (nSPS) is 11.0. The highest BCUT2D eigenvalue weighted by molar-refractivity contribution is 7.92. The first kappa shape index (κ1) is 24.1. The Labute approximate surface area is 195 Å². The number of carbonyl (C=O) groups is 1. The molecule has 33 heavy (non-hydrogen) atoms. The van der Waals surface area contributed by atoms with E-state index in [0.29, 0.717) is 31.0 Å². The lowest BCUT2D eigenvalue weighted by atomic mass is 10.1. The highest BCUT2D eigenvalue weighted by Gasteiger charge is 2.20. The Morgan fingerprint density at radius 3 is 2.12 bits per heavy atom. The maximum Gasteiger partial charge on any atom is 0.240 e. The standard InChI is InChI=1S/C25H28N2O5S/c1-31-23-12-8-20(9-13-23)16-17-26-25(28)18-27(33(2,29)30)22-10-14-24(15-11-22)32-19-21-6-4-3-5-7-21/h3-15H,16-19H2,1-2H3,(H,26,28). The van der Waals surface area contributed by atoms with Crippen molar-refractivity contribution in [3.05, 3.63) is 90.0 Å². The second-order valence-corrected chi connectivity index (χ2v) is 9.39. The molecule has 0 saturated carbocycles. The van der Waals surface area contributed by atoms with Crippen LogP contribution in [0.3, 0.4) is 0 Å². The molecule has 3 rings (SSSR count). The van der Waals surface area contributed by atoms with Gasteiger partial charge in [-0.25, -0.2) is 8.42 Å². The molecule has 8 heteroatoms. The number of rotatable bonds is 11. The molecule has 0 atom stereocenters. The molecule has 0 bridgehead atoms. The maximum atomic E-state index is 12.4. The number of ether oxygens (including phenoxy) is 2. The average molecular weight is 469 g/mol. The molecule has 0 aliphatic carbocycles. The van der Waals surface area contributed by atoms with Crippen molar-refractivity contribution in [3.63, 3.8) is 0 Å². The van der Waals surface area contributed by atoms with Crippen LogP contribution in [0, 0.1) is 0 Å². The number of sulfonamides is 1. The first-order valence-corrected chi connectivity index (χ1v) is 12.3. The number of benzene rings is 3. The molecule has 3 aromatic carbocycles. The Morgan fingerprint density at radius 1 is 0.879 bits per heavy atom. The van der Waals surface area contributed by atoms with E-state index in [0.717, 1.165) is 27.4 Å². The number of amides is 1. The van der Waals surface area contributed by atoms with Crippen molar-refractivity contribution in [1.82, 2.24) is 5.32 Å². The third kappa shape index (κ3) is 7.54. The number of methoxy groups -OCH3 is 1. The van der Waals surface area contributed by atoms with Crippen molar-refractivity contribution in [3.8, 4) is 11.5 Å². The summed E-state index contributed by atoms with van der Waals surface area (Å²) in [5, 5.41) is 2.78. The van der Waals surface area contributed by atoms with Crippen LogP contribution in [-0.4, -0.2) is 40.8 Å². The highest BCUT2D eigenvalue weighted by atomic mass is 32.2. The Balaban J connectivity index is 1.55. The molecule has 0 spiro atoms. The van der Waals surface area contributed by atoms with Crippen LogP contribution >= 0.6 is 0 Å². The van der Waals surface area contributed by atoms with Gasteiger partial charge in [0.2, 0.25) is 15.9 Å². The topological polar surface area (TPSA) is 84.9 Å². The molecule has 3 aromatic rings. The van der Waals surface area contributed by atoms with Crippen LogP contribution in [0.4, 0.5) is 5.69 Å². The fraction of sp³-hybridized carbons (Fsp3) is 0.240. The minimum absolute atomic E-state index is 0.300. The smallest absolute Gasteiger partial charge is 0.240 e. The van der Waals surface area contributed by atoms with Crippen LogP contribution in [0.25, 0.3) is 0 Å². The van der Waals surface area contributed by atoms with Gasteiger partial charge in [-0.3, -0.25) is 9.10 Å². The molecular formula is C25H28N2O5S. The summed E-state index contributed by atoms with van der Waals surface area (Å²) in [6.07, 6.45) is 1.71. The van der Waals surface area contributed by atoms with Crippen molar-refractivity contribution in [2.24, 2.45) is 0 Å². The molecule has 0 aliphatic heterocycles. The molecule has 0 saturated heterocycles. The zero-order valence-corrected chi connectivity index (χ0v) is 19.5. The van der Waals surface area contributed by atoms with E-state index in [9.17, 15) is 13.2 Å². The SMILES string of the molecule is COc1ccc(CCNC(=O)CN(c2ccc(OCc3ccccc3)cc2)S(C)(=O)=O)cc1. The number of hydrogen-bond donors (Lipinski definition) is 1. The lowest BCUT2D eigenvalue weighted by molar-refractivity contribution is -0.119. The first-order valence-electron chi connectivity index (χ1n) is 10.5. The van der Waals surface area contributed by atoms with Gasteiger partial charge in [0.05, 0.1) is 19.1 Å². The summed E-state index contributed by atoms with van der Waals surface area (Å²) in [6, 6.07) is 24.0. The Morgan fingerprint density at radius 2 is 1.52 bits per heavy atom. The number of hydrogen-bond acceptors (Lipinski definition) is 5. The predicted molar refractivity (Wildman–Crippen MR) is 129 cm³/mol. The fourth-order valence-corrected chi connectivity index (χ4v) is 4.03. The number of nitrogens with one attached hydrogen (secondary N) is 1. The van der Waals surface area contributed by atoms with E-state index in [1.807, 2.05) is 54.6 Å². The molecule has 1 amide bonds. The van der Waals surface area contributed by atoms with E-state index in [2.05, 4.69) is 5.32 Å². The van der Waals surface area contributed by atoms with E-state index in [1.54, 1.807) is 31.4 Å². The minimum atomic E-state index is -3.65. The average Bonchev–Trinajstić information content (AvgIpc) is 2.82. The zero-order chi connectivity index (χ0) is 23.7. The van der Waals surface area contributed by atoms with Gasteiger partial charge in [-0.1, -0.05) is 42.5 Å². The van der Waals surface area contributed by atoms with Crippen LogP contribution in [0.5, 0.6) is 11.5 Å². The quantitative estimate of drug-likeness (QED) is 0.466. The second-order valence-electron chi connectivity index (χ2n) is 7.49. The van der Waals surface area contributed by atoms with Crippen molar-refractivity contribution < 1.29 is 22.7 Å². The van der Waals surface area contributed by atoms with Crippen LogP contribution in [0.15, 0.2) is 78.9 Å². The summed E-state index contributed by atoms with van der Waals surface area (Å²) in [4.78, 5) is 12.4. The van der Waals surface area contributed by atoms with E-state index in [-0.39, 0.29) is 12.5 Å². The van der Waals surface area contributed by atoms with Gasteiger partial charge < -0.3 is 14.8 Å². The van der Waals surface area contributed by atoms with Gasteiger partial charge >= 0.3 is 0 Å². The summed E-state index contributed by atoms with van der Waals surface area (Å²) >= 11 is 0. The summed E-state index contributed by atoms with van der Waals surface area (Å²) in [5.74, 6) is 1.00. The molecule has 0 aromatic heterocycles. The lowest BCUT2D eigenvalue weighted by Crippen LogP contribution is -2.40. The second kappa shape index (κ2) is 11.4. The van der Waals surface area contributed by atoms with Gasteiger partial charge in [0.1, 0.15) is 24.7 Å². The van der Waals surface area contributed by atoms with E-state index >= 15 is 0 Å². The summed E-state index contributed by atoms with van der Waals surface area (Å²) in [7, 11) is -2.04. The molecule has 1 N–H and O–H groups in total. The van der Waals surface area contributed by atoms with Gasteiger partial charge in [0.25, 0.3) is 0 Å². The van der Waals surface area contributed by atoms with Gasteiger partial charge in [-0.2, -0.15) is 0 Å². The molecular weight excluding hydrogens is 440 g/mol. The van der Waals surface area contributed by atoms with E-state index in [4.69, 9.17) is 9.47 Å². The summed E-state index contributed by atoms with van der Waals surface area (Å²) in [6.45, 7) is 0.507. The number of anilines is 1. The van der Waals surface area contributed by atoms with Crippen molar-refractivity contribution >= 4 is 21.6 Å². The maximum absolute atomic E-state index is 12.4. The third-order valence-corrected chi connectivity index (χ3v) is 6.10. The fourth-order valence-electron chi connectivity index (χ4n) is 3.17. The third-order valence-electron chi connectivity index (χ3n) is 4.96. The van der Waals surface area contributed by atoms with Crippen molar-refractivity contribution in [2.75, 3.05) is 30.8 Å². The molecule has 0 radical (unpaired) electrons. The number of carbonyl (C=O) groups excluding carboxylic acids is 1. The monoisotopic (exact) mass is 468 g/mol. The van der Waals surface area contributed by atoms with E-state index < -0.39 is 10.0 Å². The molecule has 0 aliphatic rings. The largest absolute Gasteiger partial charge is 0.497 e. The minimum Gasteiger partial charge on any atom is -0.497 e. The van der Waals surface area contributed by atoms with Gasteiger partial charge in [0, 0.05) is 6.54 Å². The van der Waals surface area contributed by atoms with Gasteiger partial charge in [0.15, 0.2) is 0 Å².